The number of nitrogens with zero attached hydrogens (tertiary/aromatic N) is 2. The Labute approximate surface area is 99.0 Å². The maximum Gasteiger partial charge on any atom is 0.143 e. The van der Waals surface area contributed by atoms with E-state index in [9.17, 15) is 0 Å². The fourth-order valence-electron chi connectivity index (χ4n) is 1.31. The van der Waals surface area contributed by atoms with Crippen LogP contribution in [0.3, 0.4) is 0 Å². The number of thioether (sulfide) groups is 1. The van der Waals surface area contributed by atoms with Crippen LogP contribution in [0.2, 0.25) is 0 Å². The topological polar surface area (TPSA) is 56.8 Å². The first kappa shape index (κ1) is 12.2. The van der Waals surface area contributed by atoms with Crippen LogP contribution < -0.4 is 4.74 Å². The van der Waals surface area contributed by atoms with Crippen LogP contribution in [-0.2, 0) is 0 Å². The number of para-hydroxylation sites is 1. The van der Waals surface area contributed by atoms with E-state index in [2.05, 4.69) is 0 Å². The summed E-state index contributed by atoms with van der Waals surface area (Å²) in [5.74, 6) is 0.662. The molecule has 0 amide bonds. The molecule has 4 heteroatoms. The van der Waals surface area contributed by atoms with E-state index in [0.717, 1.165) is 5.56 Å². The summed E-state index contributed by atoms with van der Waals surface area (Å²) in [6.07, 6.45) is 1.83. The fraction of sp³-hybridized carbons (Fsp3) is 0.167. The van der Waals surface area contributed by atoms with E-state index in [1.165, 1.54) is 11.8 Å². The lowest BCUT2D eigenvalue weighted by atomic mass is 10.1. The highest BCUT2D eigenvalue weighted by atomic mass is 32.2. The van der Waals surface area contributed by atoms with E-state index in [-0.39, 0.29) is 5.57 Å². The second kappa shape index (κ2) is 5.85. The molecule has 0 bridgehead atoms. The average molecular weight is 230 g/mol. The number of benzene rings is 1. The van der Waals surface area contributed by atoms with E-state index >= 15 is 0 Å². The van der Waals surface area contributed by atoms with Crippen molar-refractivity contribution in [3.63, 3.8) is 0 Å². The minimum atomic E-state index is 0.108. The van der Waals surface area contributed by atoms with Crippen LogP contribution in [-0.4, -0.2) is 13.4 Å². The summed E-state index contributed by atoms with van der Waals surface area (Å²) >= 11 is 1.36. The van der Waals surface area contributed by atoms with Gasteiger partial charge in [-0.3, -0.25) is 0 Å². The highest BCUT2D eigenvalue weighted by molar-refractivity contribution is 8.07. The third kappa shape index (κ3) is 2.36. The molecule has 0 aromatic heterocycles. The normalized spacial score (nSPS) is 8.75. The average Bonchev–Trinajstić information content (AvgIpc) is 2.35. The van der Waals surface area contributed by atoms with Crippen LogP contribution >= 0.6 is 11.8 Å². The highest BCUT2D eigenvalue weighted by Crippen LogP contribution is 2.34. The molecule has 0 saturated heterocycles. The molecule has 0 radical (unpaired) electrons. The molecule has 0 aliphatic heterocycles. The van der Waals surface area contributed by atoms with Gasteiger partial charge >= 0.3 is 0 Å². The van der Waals surface area contributed by atoms with E-state index < -0.39 is 0 Å². The van der Waals surface area contributed by atoms with Crippen LogP contribution in [0.5, 0.6) is 5.75 Å². The largest absolute Gasteiger partial charge is 0.496 e. The highest BCUT2D eigenvalue weighted by Gasteiger charge is 2.12. The van der Waals surface area contributed by atoms with Gasteiger partial charge in [-0.05, 0) is 12.3 Å². The lowest BCUT2D eigenvalue weighted by Crippen LogP contribution is -1.91. The summed E-state index contributed by atoms with van der Waals surface area (Å²) in [7, 11) is 1.56. The second-order valence-electron chi connectivity index (χ2n) is 2.83. The molecule has 80 valence electrons. The number of hydrogen-bond donors (Lipinski definition) is 0. The quantitative estimate of drug-likeness (QED) is 0.749. The van der Waals surface area contributed by atoms with E-state index in [4.69, 9.17) is 15.3 Å². The first-order valence-electron chi connectivity index (χ1n) is 4.50. The number of allylic oxidation sites excluding steroid dienone is 1. The fourth-order valence-corrected chi connectivity index (χ4v) is 1.99. The Balaban J connectivity index is 3.42. The molecule has 16 heavy (non-hydrogen) atoms. The Kier molecular flexibility index (Phi) is 4.44. The lowest BCUT2D eigenvalue weighted by Gasteiger charge is -2.09. The van der Waals surface area contributed by atoms with Crippen molar-refractivity contribution in [2.24, 2.45) is 0 Å². The van der Waals surface area contributed by atoms with Crippen molar-refractivity contribution in [2.45, 2.75) is 0 Å². The number of methoxy groups -OCH3 is 1. The molecule has 0 N–H and O–H groups in total. The lowest BCUT2D eigenvalue weighted by molar-refractivity contribution is 0.414. The monoisotopic (exact) mass is 230 g/mol. The van der Waals surface area contributed by atoms with Crippen LogP contribution in [0.1, 0.15) is 5.56 Å². The minimum absolute atomic E-state index is 0.108. The van der Waals surface area contributed by atoms with Crippen molar-refractivity contribution >= 4 is 16.7 Å². The molecular formula is C12H10N2OS. The predicted molar refractivity (Wildman–Crippen MR) is 64.7 cm³/mol. The predicted octanol–water partition coefficient (Wildman–Crippen LogP) is 2.82. The number of ether oxygens (including phenoxy) is 1. The maximum absolute atomic E-state index is 8.87. The number of rotatable bonds is 3. The number of nitriles is 2. The van der Waals surface area contributed by atoms with Crippen LogP contribution in [0.4, 0.5) is 0 Å². The maximum atomic E-state index is 8.87. The standard InChI is InChI=1S/C12H10N2OS/c1-15-11-6-4-3-5-10(11)12(16-2)9(7-13)8-14/h3-6H,1-2H3. The van der Waals surface area contributed by atoms with Gasteiger partial charge in [-0.15, -0.1) is 11.8 Å². The van der Waals surface area contributed by atoms with Gasteiger partial charge in [-0.1, -0.05) is 18.2 Å². The number of hydrogen-bond acceptors (Lipinski definition) is 4. The SMILES string of the molecule is COc1ccccc1C(SC)=C(C#N)C#N. The molecule has 0 spiro atoms. The molecule has 1 aromatic rings. The summed E-state index contributed by atoms with van der Waals surface area (Å²) in [6, 6.07) is 11.1. The van der Waals surface area contributed by atoms with Crippen molar-refractivity contribution in [1.29, 1.82) is 10.5 Å². The molecule has 0 atom stereocenters. The Hall–Kier alpha value is -1.91. The van der Waals surface area contributed by atoms with E-state index in [0.29, 0.717) is 10.7 Å². The van der Waals surface area contributed by atoms with Gasteiger partial charge in [-0.2, -0.15) is 10.5 Å². The third-order valence-corrected chi connectivity index (χ3v) is 2.84. The molecule has 1 aromatic carbocycles. The first-order valence-corrected chi connectivity index (χ1v) is 5.72. The molecule has 0 saturated carbocycles. The molecule has 1 rings (SSSR count). The van der Waals surface area contributed by atoms with Crippen LogP contribution in [0, 0.1) is 22.7 Å². The van der Waals surface area contributed by atoms with Gasteiger partial charge < -0.3 is 4.74 Å². The third-order valence-electron chi connectivity index (χ3n) is 2.01. The van der Waals surface area contributed by atoms with Crippen molar-refractivity contribution in [3.05, 3.63) is 35.4 Å². The minimum Gasteiger partial charge on any atom is -0.496 e. The van der Waals surface area contributed by atoms with Gasteiger partial charge in [0.05, 0.1) is 7.11 Å². The Morgan fingerprint density at radius 3 is 2.38 bits per heavy atom. The summed E-state index contributed by atoms with van der Waals surface area (Å²) in [5, 5.41) is 17.7. The summed E-state index contributed by atoms with van der Waals surface area (Å²) < 4.78 is 5.20. The molecule has 3 nitrogen and oxygen atoms in total. The van der Waals surface area contributed by atoms with Crippen molar-refractivity contribution in [2.75, 3.05) is 13.4 Å². The molecule has 0 aliphatic carbocycles. The van der Waals surface area contributed by atoms with Crippen molar-refractivity contribution < 1.29 is 4.74 Å². The Bertz CT molecular complexity index is 478. The van der Waals surface area contributed by atoms with Crippen molar-refractivity contribution in [3.8, 4) is 17.9 Å². The smallest absolute Gasteiger partial charge is 0.143 e. The Morgan fingerprint density at radius 1 is 1.25 bits per heavy atom. The Morgan fingerprint density at radius 2 is 1.88 bits per heavy atom. The summed E-state index contributed by atoms with van der Waals surface area (Å²) in [4.78, 5) is 0.641. The first-order chi connectivity index (χ1) is 7.78. The van der Waals surface area contributed by atoms with Gasteiger partial charge in [0, 0.05) is 10.5 Å². The zero-order valence-electron chi connectivity index (χ0n) is 9.02. The van der Waals surface area contributed by atoms with Crippen molar-refractivity contribution in [1.82, 2.24) is 0 Å². The molecule has 0 unspecified atom stereocenters. The molecule has 0 fully saturated rings. The molecule has 0 aliphatic rings. The second-order valence-corrected chi connectivity index (χ2v) is 3.65. The van der Waals surface area contributed by atoms with Crippen LogP contribution in [0.25, 0.3) is 4.91 Å². The summed E-state index contributed by atoms with van der Waals surface area (Å²) in [6.45, 7) is 0. The zero-order chi connectivity index (χ0) is 12.0. The zero-order valence-corrected chi connectivity index (χ0v) is 9.84. The van der Waals surface area contributed by atoms with Gasteiger partial charge in [0.2, 0.25) is 0 Å². The van der Waals surface area contributed by atoms with Crippen LogP contribution in [0.15, 0.2) is 29.8 Å². The van der Waals surface area contributed by atoms with Gasteiger partial charge in [-0.25, -0.2) is 0 Å². The molecular weight excluding hydrogens is 220 g/mol. The van der Waals surface area contributed by atoms with E-state index in [1.807, 2.05) is 36.6 Å². The van der Waals surface area contributed by atoms with E-state index in [1.54, 1.807) is 13.2 Å². The van der Waals surface area contributed by atoms with Gasteiger partial charge in [0.15, 0.2) is 0 Å². The summed E-state index contributed by atoms with van der Waals surface area (Å²) in [5.41, 5.74) is 0.882. The van der Waals surface area contributed by atoms with Gasteiger partial charge in [0.25, 0.3) is 0 Å². The molecule has 0 heterocycles. The van der Waals surface area contributed by atoms with Gasteiger partial charge in [0.1, 0.15) is 23.5 Å².